The molecule has 8 heteroatoms. The molecule has 1 N–H and O–H groups in total. The Balaban J connectivity index is 1.83. The van der Waals surface area contributed by atoms with Crippen LogP contribution in [-0.4, -0.2) is 52.6 Å². The van der Waals surface area contributed by atoms with E-state index in [-0.39, 0.29) is 18.1 Å². The minimum Gasteiger partial charge on any atom is -0.459 e. The molecule has 4 rings (SSSR count). The number of allylic oxidation sites excluding steroid dienone is 4. The summed E-state index contributed by atoms with van der Waals surface area (Å²) in [5.41, 5.74) is -5.48. The lowest BCUT2D eigenvalue weighted by Gasteiger charge is -2.63. The van der Waals surface area contributed by atoms with E-state index in [4.69, 9.17) is 9.47 Å². The van der Waals surface area contributed by atoms with Gasteiger partial charge in [0.25, 0.3) is 0 Å². The standard InChI is InChI=1S/C26H33FO7/c1-14-10-20-19-7-6-17-11-18(30)8-9-23(17,4)25(19,27)22(34-16(3)29)12-24(20,5)26(14,32)21(31)13-33-15(2)28/h8-9,11,14,19-20,22,32H,6-7,10,12-13H2,1-5H3. The molecule has 0 amide bonds. The number of hydrogen-bond acceptors (Lipinski definition) is 7. The van der Waals surface area contributed by atoms with Crippen molar-refractivity contribution in [2.45, 2.75) is 77.7 Å². The second kappa shape index (κ2) is 7.83. The number of rotatable bonds is 4. The quantitative estimate of drug-likeness (QED) is 0.622. The molecule has 0 bridgehead atoms. The molecule has 4 aliphatic rings. The molecule has 8 atom stereocenters. The van der Waals surface area contributed by atoms with Gasteiger partial charge in [-0.05, 0) is 56.6 Å². The highest BCUT2D eigenvalue weighted by Gasteiger charge is 2.76. The number of esters is 2. The van der Waals surface area contributed by atoms with Crippen LogP contribution in [0.4, 0.5) is 4.39 Å². The summed E-state index contributed by atoms with van der Waals surface area (Å²) in [6, 6.07) is 0. The first-order valence-electron chi connectivity index (χ1n) is 11.9. The van der Waals surface area contributed by atoms with E-state index in [2.05, 4.69) is 0 Å². The maximum atomic E-state index is 17.6. The Bertz CT molecular complexity index is 1020. The van der Waals surface area contributed by atoms with E-state index in [1.807, 2.05) is 0 Å². The zero-order chi connectivity index (χ0) is 25.3. The largest absolute Gasteiger partial charge is 0.459 e. The van der Waals surface area contributed by atoms with Crippen molar-refractivity contribution in [3.05, 3.63) is 23.8 Å². The lowest BCUT2D eigenvalue weighted by Crippen LogP contribution is -2.70. The summed E-state index contributed by atoms with van der Waals surface area (Å²) in [6.07, 6.45) is 4.43. The van der Waals surface area contributed by atoms with Crippen LogP contribution in [0.3, 0.4) is 0 Å². The molecule has 0 heterocycles. The smallest absolute Gasteiger partial charge is 0.303 e. The average Bonchev–Trinajstić information content (AvgIpc) is 2.94. The molecule has 8 unspecified atom stereocenters. The van der Waals surface area contributed by atoms with Gasteiger partial charge in [0.15, 0.2) is 18.1 Å². The van der Waals surface area contributed by atoms with Gasteiger partial charge in [-0.25, -0.2) is 4.39 Å². The van der Waals surface area contributed by atoms with Gasteiger partial charge in [0.05, 0.1) is 0 Å². The van der Waals surface area contributed by atoms with E-state index >= 15 is 4.39 Å². The summed E-state index contributed by atoms with van der Waals surface area (Å²) < 4.78 is 28.1. The minimum atomic E-state index is -2.02. The average molecular weight is 477 g/mol. The maximum absolute atomic E-state index is 17.6. The van der Waals surface area contributed by atoms with Crippen LogP contribution in [0.2, 0.25) is 0 Å². The van der Waals surface area contributed by atoms with Crippen LogP contribution in [0.25, 0.3) is 0 Å². The molecule has 0 aromatic heterocycles. The highest BCUT2D eigenvalue weighted by atomic mass is 19.1. The number of ether oxygens (including phenoxy) is 2. The molecule has 7 nitrogen and oxygen atoms in total. The van der Waals surface area contributed by atoms with Crippen LogP contribution in [0.15, 0.2) is 23.8 Å². The van der Waals surface area contributed by atoms with Crippen LogP contribution in [0.1, 0.15) is 60.3 Å². The number of alkyl halides is 1. The third-order valence-electron chi connectivity index (χ3n) is 9.34. The summed E-state index contributed by atoms with van der Waals surface area (Å²) in [6.45, 7) is 7.08. The first-order valence-corrected chi connectivity index (χ1v) is 11.9. The lowest BCUT2D eigenvalue weighted by molar-refractivity contribution is -0.229. The number of hydrogen-bond donors (Lipinski definition) is 1. The van der Waals surface area contributed by atoms with Crippen LogP contribution >= 0.6 is 0 Å². The molecule has 0 aromatic rings. The van der Waals surface area contributed by atoms with Gasteiger partial charge in [0, 0.05) is 30.6 Å². The zero-order valence-electron chi connectivity index (χ0n) is 20.4. The first-order chi connectivity index (χ1) is 15.7. The molecule has 4 aliphatic carbocycles. The van der Waals surface area contributed by atoms with Crippen molar-refractivity contribution in [3.63, 3.8) is 0 Å². The lowest BCUT2D eigenvalue weighted by atomic mass is 9.44. The van der Waals surface area contributed by atoms with Crippen molar-refractivity contribution in [1.29, 1.82) is 0 Å². The zero-order valence-corrected chi connectivity index (χ0v) is 20.4. The predicted octanol–water partition coefficient (Wildman–Crippen LogP) is 3.04. The summed E-state index contributed by atoms with van der Waals surface area (Å²) in [5, 5.41) is 11.9. The van der Waals surface area contributed by atoms with Gasteiger partial charge in [-0.3, -0.25) is 19.2 Å². The van der Waals surface area contributed by atoms with Crippen molar-refractivity contribution >= 4 is 23.5 Å². The SMILES string of the molecule is CC(=O)OCC(=O)C1(O)C(C)CC2C3CCC4=CC(=O)C=CC4(C)C3(F)C(OC(C)=O)CC21C. The van der Waals surface area contributed by atoms with E-state index in [9.17, 15) is 24.3 Å². The Labute approximate surface area is 198 Å². The topological polar surface area (TPSA) is 107 Å². The van der Waals surface area contributed by atoms with Crippen molar-refractivity contribution in [2.75, 3.05) is 6.61 Å². The maximum Gasteiger partial charge on any atom is 0.303 e. The first kappa shape index (κ1) is 24.8. The molecule has 0 aliphatic heterocycles. The molecule has 34 heavy (non-hydrogen) atoms. The Morgan fingerprint density at radius 2 is 1.85 bits per heavy atom. The Hall–Kier alpha value is -2.35. The molecule has 0 spiro atoms. The number of Topliss-reactive ketones (excluding diaryl/α,β-unsaturated/α-hetero) is 1. The summed E-state index contributed by atoms with van der Waals surface area (Å²) in [7, 11) is 0. The Morgan fingerprint density at radius 1 is 1.18 bits per heavy atom. The Kier molecular flexibility index (Phi) is 5.71. The van der Waals surface area contributed by atoms with Crippen LogP contribution in [0.5, 0.6) is 0 Å². The highest BCUT2D eigenvalue weighted by Crippen LogP contribution is 2.71. The highest BCUT2D eigenvalue weighted by molar-refractivity contribution is 6.01. The number of carbonyl (C=O) groups excluding carboxylic acids is 4. The summed E-state index contributed by atoms with van der Waals surface area (Å²) in [5.74, 6) is -3.62. The van der Waals surface area contributed by atoms with Crippen LogP contribution in [0, 0.1) is 28.6 Å². The fourth-order valence-corrected chi connectivity index (χ4v) is 7.71. The monoisotopic (exact) mass is 476 g/mol. The molecular weight excluding hydrogens is 443 g/mol. The normalized spacial score (nSPS) is 44.9. The van der Waals surface area contributed by atoms with Crippen molar-refractivity contribution in [3.8, 4) is 0 Å². The molecule has 0 radical (unpaired) electrons. The van der Waals surface area contributed by atoms with Gasteiger partial charge >= 0.3 is 11.9 Å². The predicted molar refractivity (Wildman–Crippen MR) is 119 cm³/mol. The number of ketones is 2. The van der Waals surface area contributed by atoms with E-state index < -0.39 is 64.4 Å². The van der Waals surface area contributed by atoms with Crippen molar-refractivity contribution in [1.82, 2.24) is 0 Å². The van der Waals surface area contributed by atoms with Crippen LogP contribution in [-0.2, 0) is 28.7 Å². The molecule has 3 saturated carbocycles. The number of aliphatic hydroxyl groups is 1. The third kappa shape index (κ3) is 3.10. The summed E-state index contributed by atoms with van der Waals surface area (Å²) in [4.78, 5) is 48.7. The minimum absolute atomic E-state index is 0.0679. The molecule has 0 saturated heterocycles. The van der Waals surface area contributed by atoms with E-state index in [1.165, 1.54) is 26.0 Å². The van der Waals surface area contributed by atoms with Gasteiger partial charge in [0.1, 0.15) is 11.7 Å². The van der Waals surface area contributed by atoms with E-state index in [0.717, 1.165) is 0 Å². The fourth-order valence-electron chi connectivity index (χ4n) is 7.71. The second-order valence-corrected chi connectivity index (χ2v) is 11.0. The Morgan fingerprint density at radius 3 is 2.47 bits per heavy atom. The fraction of sp³-hybridized carbons (Fsp3) is 0.692. The number of carbonyl (C=O) groups is 4. The molecule has 3 fully saturated rings. The van der Waals surface area contributed by atoms with Gasteiger partial charge in [-0.15, -0.1) is 0 Å². The van der Waals surface area contributed by atoms with Crippen molar-refractivity contribution in [2.24, 2.45) is 28.6 Å². The van der Waals surface area contributed by atoms with Gasteiger partial charge in [-0.1, -0.05) is 25.5 Å². The second-order valence-electron chi connectivity index (χ2n) is 11.0. The van der Waals surface area contributed by atoms with Gasteiger partial charge in [-0.2, -0.15) is 0 Å². The van der Waals surface area contributed by atoms with E-state index in [1.54, 1.807) is 26.8 Å². The van der Waals surface area contributed by atoms with Crippen molar-refractivity contribution < 1.29 is 38.1 Å². The van der Waals surface area contributed by atoms with Gasteiger partial charge < -0.3 is 14.6 Å². The molecular formula is C26H33FO7. The van der Waals surface area contributed by atoms with Crippen LogP contribution < -0.4 is 0 Å². The summed E-state index contributed by atoms with van der Waals surface area (Å²) >= 11 is 0. The number of fused-ring (bicyclic) bond motifs is 5. The third-order valence-corrected chi connectivity index (χ3v) is 9.34. The molecule has 0 aromatic carbocycles. The van der Waals surface area contributed by atoms with E-state index in [0.29, 0.717) is 24.8 Å². The molecule has 186 valence electrons. The van der Waals surface area contributed by atoms with Gasteiger partial charge in [0.2, 0.25) is 5.78 Å². The number of halogens is 1.